The molecule has 13 aromatic carbocycles. The van der Waals surface area contributed by atoms with E-state index in [9.17, 15) is 0 Å². The molecule has 0 amide bonds. The summed E-state index contributed by atoms with van der Waals surface area (Å²) < 4.78 is 0. The first-order valence-corrected chi connectivity index (χ1v) is 32.3. The summed E-state index contributed by atoms with van der Waals surface area (Å²) >= 11 is 0. The highest BCUT2D eigenvalue weighted by Crippen LogP contribution is 2.59. The fourth-order valence-electron chi connectivity index (χ4n) is 16.7. The Bertz CT molecular complexity index is 4440. The second-order valence-electron chi connectivity index (χ2n) is 25.5. The number of hydrogen-bond donors (Lipinski definition) is 0. The molecule has 4 bridgehead atoms. The monoisotopic (exact) mass is 1150 g/mol. The Morgan fingerprint density at radius 3 is 0.944 bits per heavy atom. The predicted octanol–water partition coefficient (Wildman–Crippen LogP) is 20.5. The van der Waals surface area contributed by atoms with Crippen molar-refractivity contribution < 1.29 is 0 Å². The molecule has 426 valence electrons. The van der Waals surface area contributed by atoms with Crippen LogP contribution in [0.25, 0.3) is 89.0 Å². The SMILES string of the molecule is c1ccc(-c2ccc3c(c2)B2c4cc(-c5ccccc5)ccc4N(c4c(-c5ccccc5)cc(-c5ccccc5)cc4-c4ccccc4)c4cc(N5C6CC7CC(C6)C5C7)cc(c42)N3c2c(-c3ccccc3)cc(-c3ccccc3)cc2-c2ccccc2)cc1. The fourth-order valence-corrected chi connectivity index (χ4v) is 16.7. The fraction of sp³-hybridized carbons (Fsp3) is 0.0930. The highest BCUT2D eigenvalue weighted by molar-refractivity contribution is 7.00. The molecule has 19 rings (SSSR count). The maximum absolute atomic E-state index is 2.93. The summed E-state index contributed by atoms with van der Waals surface area (Å²) in [7, 11) is 0. The van der Waals surface area contributed by atoms with Gasteiger partial charge < -0.3 is 14.7 Å². The molecule has 0 spiro atoms. The highest BCUT2D eigenvalue weighted by Gasteiger charge is 2.54. The lowest BCUT2D eigenvalue weighted by Crippen LogP contribution is -2.61. The summed E-state index contributed by atoms with van der Waals surface area (Å²) in [6, 6.07) is 120. The standard InChI is InChI=1S/C86H64BN3/c1-9-25-58(26-10-1)66-41-43-79-77(53-66)87-78-54-67(59-27-11-2-12-28-59)42-44-80(78)90(86-75(64-37-21-7-22-38-64)51-69(61-31-15-4-16-32-61)52-76(86)65-39-23-8-24-40-65)83-56-72(88-71-46-57-45-70(48-71)81(88)47-57)55-82(84(83)87)89(79)85-73(62-33-17-5-18-34-62)49-68(60-29-13-3-14-30-60)50-74(85)63-35-19-6-20-36-63/h1-44,49-57,70-71,81H,45-48H2. The van der Waals surface area contributed by atoms with E-state index >= 15 is 0 Å². The number of nitrogens with zero attached hydrogens (tertiary/aromatic N) is 3. The van der Waals surface area contributed by atoms with Crippen LogP contribution in [0.4, 0.5) is 39.8 Å². The van der Waals surface area contributed by atoms with Crippen LogP contribution in [0.2, 0.25) is 0 Å². The van der Waals surface area contributed by atoms with Gasteiger partial charge in [0.25, 0.3) is 6.71 Å². The van der Waals surface area contributed by atoms with Gasteiger partial charge in [-0.25, -0.2) is 0 Å². The maximum Gasteiger partial charge on any atom is 0.252 e. The average Bonchev–Trinajstić information content (AvgIpc) is 0.723. The van der Waals surface area contributed by atoms with Gasteiger partial charge in [0, 0.05) is 62.8 Å². The molecule has 2 saturated carbocycles. The van der Waals surface area contributed by atoms with E-state index in [1.165, 1.54) is 171 Å². The number of hydrogen-bond acceptors (Lipinski definition) is 3. The minimum absolute atomic E-state index is 0.173. The molecule has 4 heteroatoms. The van der Waals surface area contributed by atoms with Crippen LogP contribution >= 0.6 is 0 Å². The molecule has 4 atom stereocenters. The third kappa shape index (κ3) is 8.72. The van der Waals surface area contributed by atoms with Crippen molar-refractivity contribution >= 4 is 62.9 Å². The van der Waals surface area contributed by atoms with Gasteiger partial charge in [-0.3, -0.25) is 0 Å². The lowest BCUT2D eigenvalue weighted by molar-refractivity contribution is 0.340. The number of benzene rings is 13. The maximum atomic E-state index is 2.93. The van der Waals surface area contributed by atoms with Gasteiger partial charge in [-0.15, -0.1) is 0 Å². The first kappa shape index (κ1) is 52.4. The Balaban J connectivity index is 1.02. The minimum atomic E-state index is -0.173. The average molecular weight is 1150 g/mol. The van der Waals surface area contributed by atoms with E-state index in [-0.39, 0.29) is 6.71 Å². The molecule has 13 aromatic rings. The van der Waals surface area contributed by atoms with E-state index in [1.807, 2.05) is 0 Å². The van der Waals surface area contributed by atoms with Crippen molar-refractivity contribution in [3.8, 4) is 89.0 Å². The third-order valence-corrected chi connectivity index (χ3v) is 20.5. The first-order valence-electron chi connectivity index (χ1n) is 32.3. The zero-order valence-electron chi connectivity index (χ0n) is 50.1. The van der Waals surface area contributed by atoms with Crippen molar-refractivity contribution in [1.29, 1.82) is 0 Å². The molecule has 4 heterocycles. The van der Waals surface area contributed by atoms with Crippen LogP contribution in [0, 0.1) is 11.8 Å². The van der Waals surface area contributed by atoms with Crippen LogP contribution in [-0.2, 0) is 0 Å². The molecule has 0 radical (unpaired) electrons. The molecular formula is C86H64BN3. The van der Waals surface area contributed by atoms with E-state index in [0.717, 1.165) is 5.92 Å². The molecule has 4 fully saturated rings. The van der Waals surface area contributed by atoms with Crippen LogP contribution in [0.1, 0.15) is 25.7 Å². The molecule has 0 aromatic heterocycles. The number of fused-ring (bicyclic) bond motifs is 4. The lowest BCUT2D eigenvalue weighted by atomic mass is 9.33. The van der Waals surface area contributed by atoms with Crippen molar-refractivity contribution in [3.05, 3.63) is 315 Å². The normalized spacial score (nSPS) is 17.3. The van der Waals surface area contributed by atoms with Gasteiger partial charge in [0.15, 0.2) is 0 Å². The Morgan fingerprint density at radius 2 is 0.600 bits per heavy atom. The second-order valence-corrected chi connectivity index (χ2v) is 25.5. The van der Waals surface area contributed by atoms with Crippen molar-refractivity contribution in [2.24, 2.45) is 11.8 Å². The molecule has 2 aliphatic carbocycles. The topological polar surface area (TPSA) is 9.72 Å². The Kier molecular flexibility index (Phi) is 12.6. The first-order chi connectivity index (χ1) is 44.6. The predicted molar refractivity (Wildman–Crippen MR) is 379 cm³/mol. The quantitative estimate of drug-likeness (QED) is 0.120. The van der Waals surface area contributed by atoms with E-state index in [4.69, 9.17) is 0 Å². The molecular weight excluding hydrogens is 1090 g/mol. The van der Waals surface area contributed by atoms with Crippen LogP contribution in [0.5, 0.6) is 0 Å². The number of anilines is 7. The van der Waals surface area contributed by atoms with Crippen molar-refractivity contribution in [2.75, 3.05) is 14.7 Å². The van der Waals surface area contributed by atoms with Crippen LogP contribution < -0.4 is 31.1 Å². The Labute approximate surface area is 528 Å². The molecule has 4 unspecified atom stereocenters. The van der Waals surface area contributed by atoms with Gasteiger partial charge in [-0.05, 0) is 169 Å². The third-order valence-electron chi connectivity index (χ3n) is 20.5. The van der Waals surface area contributed by atoms with Crippen molar-refractivity contribution in [1.82, 2.24) is 0 Å². The number of rotatable bonds is 11. The van der Waals surface area contributed by atoms with Crippen molar-refractivity contribution in [2.45, 2.75) is 37.8 Å². The Hall–Kier alpha value is -10.7. The molecule has 6 aliphatic rings. The second kappa shape index (κ2) is 21.6. The summed E-state index contributed by atoms with van der Waals surface area (Å²) in [6.45, 7) is -0.173. The van der Waals surface area contributed by atoms with Gasteiger partial charge in [0.1, 0.15) is 0 Å². The van der Waals surface area contributed by atoms with Crippen LogP contribution in [0.3, 0.4) is 0 Å². The van der Waals surface area contributed by atoms with E-state index in [0.29, 0.717) is 18.0 Å². The smallest absolute Gasteiger partial charge is 0.252 e. The molecule has 2 saturated heterocycles. The van der Waals surface area contributed by atoms with Crippen LogP contribution in [0.15, 0.2) is 315 Å². The summed E-state index contributed by atoms with van der Waals surface area (Å²) in [5.41, 5.74) is 31.2. The lowest BCUT2D eigenvalue weighted by Gasteiger charge is -2.47. The molecule has 3 nitrogen and oxygen atoms in total. The summed E-state index contributed by atoms with van der Waals surface area (Å²) in [5.74, 6) is 1.50. The van der Waals surface area contributed by atoms with Crippen LogP contribution in [-0.4, -0.2) is 18.8 Å². The van der Waals surface area contributed by atoms with E-state index in [2.05, 4.69) is 330 Å². The Morgan fingerprint density at radius 1 is 0.267 bits per heavy atom. The van der Waals surface area contributed by atoms with E-state index in [1.54, 1.807) is 0 Å². The van der Waals surface area contributed by atoms with E-state index < -0.39 is 0 Å². The summed E-state index contributed by atoms with van der Waals surface area (Å²) in [4.78, 5) is 8.42. The van der Waals surface area contributed by atoms with Crippen molar-refractivity contribution in [3.63, 3.8) is 0 Å². The largest absolute Gasteiger partial charge is 0.365 e. The molecule has 90 heavy (non-hydrogen) atoms. The zero-order valence-corrected chi connectivity index (χ0v) is 50.1. The number of piperidine rings is 1. The highest BCUT2D eigenvalue weighted by atomic mass is 15.3. The summed E-state index contributed by atoms with van der Waals surface area (Å²) in [6.07, 6.45) is 5.11. The van der Waals surface area contributed by atoms with Gasteiger partial charge in [-0.1, -0.05) is 267 Å². The van der Waals surface area contributed by atoms with Gasteiger partial charge in [0.05, 0.1) is 11.4 Å². The van der Waals surface area contributed by atoms with Gasteiger partial charge in [-0.2, -0.15) is 0 Å². The minimum Gasteiger partial charge on any atom is -0.365 e. The van der Waals surface area contributed by atoms with Gasteiger partial charge in [0.2, 0.25) is 0 Å². The zero-order chi connectivity index (χ0) is 59.2. The molecule has 0 N–H and O–H groups in total. The summed E-state index contributed by atoms with van der Waals surface area (Å²) in [5, 5.41) is 0. The molecule has 4 aliphatic heterocycles. The van der Waals surface area contributed by atoms with Gasteiger partial charge >= 0.3 is 0 Å².